The zero-order valence-electron chi connectivity index (χ0n) is 17.7. The van der Waals surface area contributed by atoms with E-state index >= 15 is 0 Å². The van der Waals surface area contributed by atoms with Gasteiger partial charge in [-0.2, -0.15) is 0 Å². The number of carbonyl (C=O) groups is 2. The number of anilines is 1. The van der Waals surface area contributed by atoms with E-state index in [1.807, 2.05) is 30.3 Å². The van der Waals surface area contributed by atoms with Crippen molar-refractivity contribution in [1.82, 2.24) is 9.88 Å². The molecule has 1 saturated heterocycles. The Morgan fingerprint density at radius 3 is 2.70 bits per heavy atom. The van der Waals surface area contributed by atoms with Crippen LogP contribution in [0.2, 0.25) is 0 Å². The highest BCUT2D eigenvalue weighted by Crippen LogP contribution is 2.27. The molecule has 1 unspecified atom stereocenters. The van der Waals surface area contributed by atoms with Gasteiger partial charge in [-0.3, -0.25) is 24.7 Å². The van der Waals surface area contributed by atoms with Gasteiger partial charge in [0.05, 0.1) is 11.5 Å². The number of aromatic nitrogens is 1. The van der Waals surface area contributed by atoms with Gasteiger partial charge in [-0.05, 0) is 24.0 Å². The Morgan fingerprint density at radius 1 is 1.18 bits per heavy atom. The van der Waals surface area contributed by atoms with E-state index in [-0.39, 0.29) is 24.7 Å². The van der Waals surface area contributed by atoms with Gasteiger partial charge in [-0.25, -0.2) is 9.78 Å². The number of hydrogen-bond acceptors (Lipinski definition) is 7. The van der Waals surface area contributed by atoms with Crippen LogP contribution >= 0.6 is 11.3 Å². The molecule has 3 aromatic rings. The van der Waals surface area contributed by atoms with Crippen LogP contribution in [0.5, 0.6) is 0 Å². The topological polar surface area (TPSA) is 106 Å². The standard InChI is InChI=1S/C23H22N4O5S/c28-21(20-10-5-12-25(20)23(29)32-16-17-6-2-1-3-7-17)26(22-24-11-13-33-22)15-18-8-4-9-19(14-18)27(30)31/h1-4,6-9,11,13-14,20H,5,10,12,15-16H2. The summed E-state index contributed by atoms with van der Waals surface area (Å²) in [6.45, 7) is 0.658. The zero-order valence-corrected chi connectivity index (χ0v) is 18.5. The maximum absolute atomic E-state index is 13.6. The molecule has 0 N–H and O–H groups in total. The van der Waals surface area contributed by atoms with Crippen molar-refractivity contribution in [3.8, 4) is 0 Å². The fraction of sp³-hybridized carbons (Fsp3) is 0.261. The average molecular weight is 467 g/mol. The number of ether oxygens (including phenoxy) is 1. The quantitative estimate of drug-likeness (QED) is 0.378. The summed E-state index contributed by atoms with van der Waals surface area (Å²) in [5.74, 6) is -0.286. The van der Waals surface area contributed by atoms with Gasteiger partial charge in [0.1, 0.15) is 12.6 Å². The van der Waals surface area contributed by atoms with Gasteiger partial charge in [0.15, 0.2) is 5.13 Å². The molecule has 10 heteroatoms. The van der Waals surface area contributed by atoms with Crippen LogP contribution in [0.15, 0.2) is 66.2 Å². The molecular weight excluding hydrogens is 444 g/mol. The van der Waals surface area contributed by atoms with E-state index in [1.54, 1.807) is 23.7 Å². The number of nitro groups is 1. The lowest BCUT2D eigenvalue weighted by atomic mass is 10.1. The molecule has 1 aliphatic rings. The number of nitro benzene ring substituents is 1. The summed E-state index contributed by atoms with van der Waals surface area (Å²) < 4.78 is 5.45. The first-order chi connectivity index (χ1) is 16.0. The minimum Gasteiger partial charge on any atom is -0.445 e. The van der Waals surface area contributed by atoms with E-state index in [0.29, 0.717) is 30.1 Å². The molecule has 0 radical (unpaired) electrons. The van der Waals surface area contributed by atoms with E-state index in [2.05, 4.69) is 4.98 Å². The van der Waals surface area contributed by atoms with Crippen molar-refractivity contribution in [2.45, 2.75) is 32.0 Å². The summed E-state index contributed by atoms with van der Waals surface area (Å²) in [5.41, 5.74) is 1.41. The highest BCUT2D eigenvalue weighted by Gasteiger charge is 2.38. The number of amides is 2. The van der Waals surface area contributed by atoms with E-state index in [4.69, 9.17) is 4.74 Å². The molecule has 9 nitrogen and oxygen atoms in total. The van der Waals surface area contributed by atoms with Crippen LogP contribution in [-0.2, 0) is 22.7 Å². The lowest BCUT2D eigenvalue weighted by Gasteiger charge is -2.28. The Hall–Kier alpha value is -3.79. The molecule has 0 aliphatic carbocycles. The molecular formula is C23H22N4O5S. The Bertz CT molecular complexity index is 1120. The van der Waals surface area contributed by atoms with Crippen molar-refractivity contribution in [1.29, 1.82) is 0 Å². The molecule has 2 heterocycles. The summed E-state index contributed by atoms with van der Waals surface area (Å²) >= 11 is 1.29. The molecule has 1 aromatic heterocycles. The van der Waals surface area contributed by atoms with E-state index in [1.165, 1.54) is 33.3 Å². The highest BCUT2D eigenvalue weighted by molar-refractivity contribution is 7.13. The van der Waals surface area contributed by atoms with Crippen LogP contribution in [0.25, 0.3) is 0 Å². The van der Waals surface area contributed by atoms with Crippen molar-refractivity contribution in [2.75, 3.05) is 11.4 Å². The molecule has 2 amide bonds. The first-order valence-corrected chi connectivity index (χ1v) is 11.3. The van der Waals surface area contributed by atoms with Crippen molar-refractivity contribution in [3.05, 3.63) is 87.4 Å². The summed E-state index contributed by atoms with van der Waals surface area (Å²) in [6, 6.07) is 14.8. The van der Waals surface area contributed by atoms with Crippen LogP contribution < -0.4 is 4.90 Å². The van der Waals surface area contributed by atoms with Crippen molar-refractivity contribution in [2.24, 2.45) is 0 Å². The average Bonchev–Trinajstić information content (AvgIpc) is 3.54. The first-order valence-electron chi connectivity index (χ1n) is 10.4. The van der Waals surface area contributed by atoms with Gasteiger partial charge in [-0.15, -0.1) is 11.3 Å². The number of rotatable bonds is 7. The van der Waals surface area contributed by atoms with Gasteiger partial charge in [0.25, 0.3) is 11.6 Å². The number of nitrogens with zero attached hydrogens (tertiary/aromatic N) is 4. The van der Waals surface area contributed by atoms with E-state index in [9.17, 15) is 19.7 Å². The number of benzene rings is 2. The Balaban J connectivity index is 1.51. The summed E-state index contributed by atoms with van der Waals surface area (Å²) in [6.07, 6.45) is 2.24. The van der Waals surface area contributed by atoms with Crippen LogP contribution in [0.1, 0.15) is 24.0 Å². The smallest absolute Gasteiger partial charge is 0.410 e. The molecule has 1 atom stereocenters. The summed E-state index contributed by atoms with van der Waals surface area (Å²) in [7, 11) is 0. The third-order valence-corrected chi connectivity index (χ3v) is 6.15. The predicted octanol–water partition coefficient (Wildman–Crippen LogP) is 4.39. The van der Waals surface area contributed by atoms with Gasteiger partial charge >= 0.3 is 6.09 Å². The monoisotopic (exact) mass is 466 g/mol. The van der Waals surface area contributed by atoms with Gasteiger partial charge in [0, 0.05) is 30.3 Å². The zero-order chi connectivity index (χ0) is 23.2. The molecule has 1 aliphatic heterocycles. The van der Waals surface area contributed by atoms with Crippen LogP contribution in [0.3, 0.4) is 0 Å². The molecule has 170 valence electrons. The molecule has 0 bridgehead atoms. The maximum atomic E-state index is 13.6. The summed E-state index contributed by atoms with van der Waals surface area (Å²) in [5, 5.41) is 13.4. The fourth-order valence-electron chi connectivity index (χ4n) is 3.76. The maximum Gasteiger partial charge on any atom is 0.410 e. The lowest BCUT2D eigenvalue weighted by Crippen LogP contribution is -2.48. The molecule has 4 rings (SSSR count). The van der Waals surface area contributed by atoms with E-state index in [0.717, 1.165) is 5.56 Å². The number of carbonyl (C=O) groups excluding carboxylic acids is 2. The minimum absolute atomic E-state index is 0.0500. The van der Waals surface area contributed by atoms with Crippen molar-refractivity contribution in [3.63, 3.8) is 0 Å². The van der Waals surface area contributed by atoms with E-state index < -0.39 is 17.1 Å². The van der Waals surface area contributed by atoms with Gasteiger partial charge < -0.3 is 4.74 Å². The van der Waals surface area contributed by atoms with Crippen LogP contribution in [0.4, 0.5) is 15.6 Å². The third-order valence-electron chi connectivity index (χ3n) is 5.36. The Morgan fingerprint density at radius 2 is 1.97 bits per heavy atom. The SMILES string of the molecule is O=C(C1CCCN1C(=O)OCc1ccccc1)N(Cc1cccc([N+](=O)[O-])c1)c1nccs1. The lowest BCUT2D eigenvalue weighted by molar-refractivity contribution is -0.384. The number of likely N-dealkylation sites (tertiary alicyclic amines) is 1. The molecule has 0 saturated carbocycles. The normalized spacial score (nSPS) is 15.3. The first kappa shape index (κ1) is 22.4. The summed E-state index contributed by atoms with van der Waals surface area (Å²) in [4.78, 5) is 44.2. The van der Waals surface area contributed by atoms with Gasteiger partial charge in [-0.1, -0.05) is 42.5 Å². The van der Waals surface area contributed by atoms with Crippen molar-refractivity contribution < 1.29 is 19.2 Å². The second-order valence-corrected chi connectivity index (χ2v) is 8.43. The Labute approximate surface area is 194 Å². The fourth-order valence-corrected chi connectivity index (χ4v) is 4.41. The molecule has 2 aromatic carbocycles. The predicted molar refractivity (Wildman–Crippen MR) is 123 cm³/mol. The number of non-ortho nitro benzene ring substituents is 1. The second-order valence-electron chi connectivity index (χ2n) is 7.56. The Kier molecular flexibility index (Phi) is 6.94. The second kappa shape index (κ2) is 10.2. The number of thiazole rings is 1. The third kappa shape index (κ3) is 5.35. The largest absolute Gasteiger partial charge is 0.445 e. The van der Waals surface area contributed by atoms with Crippen LogP contribution in [0, 0.1) is 10.1 Å². The highest BCUT2D eigenvalue weighted by atomic mass is 32.1. The van der Waals surface area contributed by atoms with Gasteiger partial charge in [0.2, 0.25) is 0 Å². The van der Waals surface area contributed by atoms with Crippen LogP contribution in [-0.4, -0.2) is 39.4 Å². The molecule has 1 fully saturated rings. The molecule has 0 spiro atoms. The van der Waals surface area contributed by atoms with Crippen molar-refractivity contribution >= 4 is 34.2 Å². The molecule has 33 heavy (non-hydrogen) atoms. The minimum atomic E-state index is -0.684. The number of hydrogen-bond donors (Lipinski definition) is 0.